The number of fused-ring (bicyclic) bond motifs is 1. The van der Waals surface area contributed by atoms with Crippen LogP contribution in [0.15, 0.2) is 66.7 Å². The second-order valence-electron chi connectivity index (χ2n) is 7.55. The van der Waals surface area contributed by atoms with Crippen LogP contribution < -0.4 is 4.74 Å². The summed E-state index contributed by atoms with van der Waals surface area (Å²) in [5.41, 5.74) is 2.12. The first kappa shape index (κ1) is 24.3. The number of carbonyl (C=O) groups is 2. The van der Waals surface area contributed by atoms with Gasteiger partial charge in [0.15, 0.2) is 0 Å². The van der Waals surface area contributed by atoms with E-state index in [0.29, 0.717) is 22.3 Å². The summed E-state index contributed by atoms with van der Waals surface area (Å²) in [5, 5.41) is 0.513. The molecule has 0 unspecified atom stereocenters. The molecule has 4 rings (SSSR count). The van der Waals surface area contributed by atoms with Crippen LogP contribution in [0.2, 0.25) is 5.02 Å². The Hall–Kier alpha value is -3.84. The zero-order valence-corrected chi connectivity index (χ0v) is 20.0. The highest BCUT2D eigenvalue weighted by molar-refractivity contribution is 6.30. The second-order valence-corrected chi connectivity index (χ2v) is 7.96. The van der Waals surface area contributed by atoms with Gasteiger partial charge in [0.05, 0.1) is 35.7 Å². The monoisotopic (exact) mass is 495 g/mol. The maximum Gasteiger partial charge on any atom is 0.340 e. The minimum absolute atomic E-state index is 0.0130. The number of hydrogen-bond acceptors (Lipinski definition) is 5. The summed E-state index contributed by atoms with van der Waals surface area (Å²) in [7, 11) is 0. The third kappa shape index (κ3) is 5.15. The van der Waals surface area contributed by atoms with Gasteiger partial charge in [-0.2, -0.15) is 0 Å². The Morgan fingerprint density at radius 1 is 0.914 bits per heavy atom. The molecule has 1 aromatic heterocycles. The summed E-state index contributed by atoms with van der Waals surface area (Å²) in [5.74, 6) is -1.02. The maximum atomic E-state index is 13.9. The highest BCUT2D eigenvalue weighted by Crippen LogP contribution is 2.35. The molecule has 0 radical (unpaired) electrons. The topological polar surface area (TPSA) is 66.8 Å². The van der Waals surface area contributed by atoms with Crippen LogP contribution in [0.5, 0.6) is 11.5 Å². The fourth-order valence-electron chi connectivity index (χ4n) is 3.88. The van der Waals surface area contributed by atoms with E-state index in [2.05, 4.69) is 0 Å². The molecule has 6 nitrogen and oxygen atoms in total. The lowest BCUT2D eigenvalue weighted by Gasteiger charge is -2.12. The van der Waals surface area contributed by atoms with Gasteiger partial charge in [0.2, 0.25) is 0 Å². The second kappa shape index (κ2) is 10.6. The van der Waals surface area contributed by atoms with Gasteiger partial charge in [0, 0.05) is 22.8 Å². The van der Waals surface area contributed by atoms with E-state index < -0.39 is 17.8 Å². The van der Waals surface area contributed by atoms with Crippen molar-refractivity contribution in [2.45, 2.75) is 20.3 Å². The predicted molar refractivity (Wildman–Crippen MR) is 131 cm³/mol. The molecule has 0 bridgehead atoms. The lowest BCUT2D eigenvalue weighted by Crippen LogP contribution is -2.15. The number of rotatable bonds is 8. The number of carbonyl (C=O) groups excluding carboxylic acids is 2. The molecule has 0 saturated carbocycles. The Balaban J connectivity index is 1.92. The molecule has 1 heterocycles. The zero-order chi connectivity index (χ0) is 24.9. The van der Waals surface area contributed by atoms with Gasteiger partial charge < -0.3 is 18.8 Å². The van der Waals surface area contributed by atoms with Crippen molar-refractivity contribution in [1.29, 1.82) is 0 Å². The Morgan fingerprint density at radius 2 is 1.60 bits per heavy atom. The molecule has 0 aliphatic heterocycles. The lowest BCUT2D eigenvalue weighted by molar-refractivity contribution is -0.142. The number of aromatic nitrogens is 1. The molecule has 0 N–H and O–H groups in total. The van der Waals surface area contributed by atoms with Gasteiger partial charge in [-0.15, -0.1) is 0 Å². The number of nitrogens with zero attached hydrogens (tertiary/aromatic N) is 1. The molecule has 180 valence electrons. The molecule has 0 amide bonds. The van der Waals surface area contributed by atoms with Crippen molar-refractivity contribution in [2.24, 2.45) is 0 Å². The Bertz CT molecular complexity index is 1380. The Kier molecular flexibility index (Phi) is 7.36. The summed E-state index contributed by atoms with van der Waals surface area (Å²) >= 11 is 5.77. The van der Waals surface area contributed by atoms with Gasteiger partial charge in [-0.25, -0.2) is 9.18 Å². The standard InChI is InChI=1S/C27H23ClFNO5/c1-3-33-25(31)16-24-26(27(32)34-4-2)20-14-18(35-19-10-12-21(28)22(29)15-19)11-13-23(20)30(24)17-8-6-5-7-9-17/h5-15H,3-4,16H2,1-2H3. The van der Waals surface area contributed by atoms with Crippen LogP contribution >= 0.6 is 11.6 Å². The molecular formula is C27H23ClFNO5. The lowest BCUT2D eigenvalue weighted by atomic mass is 10.1. The normalized spacial score (nSPS) is 10.9. The molecule has 35 heavy (non-hydrogen) atoms. The van der Waals surface area contributed by atoms with Crippen LogP contribution in [0, 0.1) is 5.82 Å². The summed E-state index contributed by atoms with van der Waals surface area (Å²) in [6.07, 6.45) is -0.135. The largest absolute Gasteiger partial charge is 0.466 e. The molecule has 0 atom stereocenters. The highest BCUT2D eigenvalue weighted by atomic mass is 35.5. The molecule has 3 aromatic carbocycles. The van der Waals surface area contributed by atoms with E-state index in [4.69, 9.17) is 25.8 Å². The summed E-state index contributed by atoms with van der Waals surface area (Å²) in [6.45, 7) is 3.81. The van der Waals surface area contributed by atoms with Crippen molar-refractivity contribution in [3.05, 3.63) is 88.8 Å². The fraction of sp³-hybridized carbons (Fsp3) is 0.185. The van der Waals surface area contributed by atoms with Crippen LogP contribution in [0.3, 0.4) is 0 Å². The quantitative estimate of drug-likeness (QED) is 0.261. The number of benzene rings is 3. The van der Waals surface area contributed by atoms with Gasteiger partial charge >= 0.3 is 11.9 Å². The number of esters is 2. The van der Waals surface area contributed by atoms with Crippen molar-refractivity contribution < 1.29 is 28.2 Å². The number of hydrogen-bond donors (Lipinski definition) is 0. The van der Waals surface area contributed by atoms with E-state index in [1.165, 1.54) is 12.1 Å². The maximum absolute atomic E-state index is 13.9. The SMILES string of the molecule is CCOC(=O)Cc1c(C(=O)OCC)c2cc(Oc3ccc(Cl)c(F)c3)ccc2n1-c1ccccc1. The van der Waals surface area contributed by atoms with E-state index in [-0.39, 0.29) is 36.0 Å². The smallest absolute Gasteiger partial charge is 0.340 e. The first-order valence-corrected chi connectivity index (χ1v) is 11.5. The number of halogens is 2. The van der Waals surface area contributed by atoms with Crippen LogP contribution in [-0.4, -0.2) is 29.7 Å². The Labute approximate surface area is 206 Å². The number of para-hydroxylation sites is 1. The molecule has 0 spiro atoms. The van der Waals surface area contributed by atoms with Crippen molar-refractivity contribution in [1.82, 2.24) is 4.57 Å². The van der Waals surface area contributed by atoms with Gasteiger partial charge in [0.25, 0.3) is 0 Å². The molecule has 8 heteroatoms. The fourth-order valence-corrected chi connectivity index (χ4v) is 4.00. The average Bonchev–Trinajstić information content (AvgIpc) is 3.15. The van der Waals surface area contributed by atoms with Crippen LogP contribution in [0.1, 0.15) is 29.9 Å². The van der Waals surface area contributed by atoms with E-state index >= 15 is 0 Å². The zero-order valence-electron chi connectivity index (χ0n) is 19.2. The van der Waals surface area contributed by atoms with Crippen LogP contribution in [0.4, 0.5) is 4.39 Å². The Morgan fingerprint density at radius 3 is 2.29 bits per heavy atom. The van der Waals surface area contributed by atoms with E-state index in [1.54, 1.807) is 38.1 Å². The molecule has 0 saturated heterocycles. The molecule has 4 aromatic rings. The number of ether oxygens (including phenoxy) is 3. The van der Waals surface area contributed by atoms with E-state index in [0.717, 1.165) is 5.69 Å². The van der Waals surface area contributed by atoms with Crippen molar-refractivity contribution in [2.75, 3.05) is 13.2 Å². The minimum Gasteiger partial charge on any atom is -0.466 e. The average molecular weight is 496 g/mol. The molecule has 0 aliphatic rings. The van der Waals surface area contributed by atoms with E-state index in [9.17, 15) is 14.0 Å². The first-order chi connectivity index (χ1) is 16.9. The summed E-state index contributed by atoms with van der Waals surface area (Å²) in [4.78, 5) is 25.6. The third-order valence-corrected chi connectivity index (χ3v) is 5.58. The highest BCUT2D eigenvalue weighted by Gasteiger charge is 2.27. The first-order valence-electron chi connectivity index (χ1n) is 11.1. The van der Waals surface area contributed by atoms with Gasteiger partial charge in [-0.05, 0) is 56.3 Å². The summed E-state index contributed by atoms with van der Waals surface area (Å²) < 4.78 is 32.1. The third-order valence-electron chi connectivity index (χ3n) is 5.27. The molecular weight excluding hydrogens is 473 g/mol. The summed E-state index contributed by atoms with van der Waals surface area (Å²) in [6, 6.07) is 18.7. The molecule has 0 fully saturated rings. The van der Waals surface area contributed by atoms with Crippen molar-refractivity contribution in [3.63, 3.8) is 0 Å². The van der Waals surface area contributed by atoms with Gasteiger partial charge in [0.1, 0.15) is 17.3 Å². The van der Waals surface area contributed by atoms with Crippen LogP contribution in [0.25, 0.3) is 16.6 Å². The van der Waals surface area contributed by atoms with Crippen molar-refractivity contribution >= 4 is 34.4 Å². The van der Waals surface area contributed by atoms with Gasteiger partial charge in [-0.1, -0.05) is 29.8 Å². The minimum atomic E-state index is -0.607. The van der Waals surface area contributed by atoms with Gasteiger partial charge in [-0.3, -0.25) is 4.79 Å². The predicted octanol–water partition coefficient (Wildman–Crippen LogP) is 6.50. The van der Waals surface area contributed by atoms with E-state index in [1.807, 2.05) is 34.9 Å². The van der Waals surface area contributed by atoms with Crippen molar-refractivity contribution in [3.8, 4) is 17.2 Å². The van der Waals surface area contributed by atoms with Crippen LogP contribution in [-0.2, 0) is 20.7 Å². The molecule has 0 aliphatic carbocycles.